The normalized spacial score (nSPS) is 15.8. The van der Waals surface area contributed by atoms with E-state index in [-0.39, 0.29) is 61.6 Å². The monoisotopic (exact) mass is 953 g/mol. The van der Waals surface area contributed by atoms with Gasteiger partial charge in [-0.15, -0.1) is 0 Å². The fourth-order valence-corrected chi connectivity index (χ4v) is 17.6. The molecule has 1 aromatic heterocycles. The molecule has 1 radical (unpaired) electrons. The predicted octanol–water partition coefficient (Wildman–Crippen LogP) is 4.62. The van der Waals surface area contributed by atoms with Crippen molar-refractivity contribution in [3.05, 3.63) is 133 Å². The molecule has 2 aliphatic rings. The number of rotatable bonds is 2. The van der Waals surface area contributed by atoms with Gasteiger partial charge < -0.3 is 5.11 Å². The molecule has 237 valence electrons. The number of carbonyl (C=O) groups excluding carboxylic acids is 1. The summed E-state index contributed by atoms with van der Waals surface area (Å²) < 4.78 is 20.6. The molecule has 0 spiro atoms. The van der Waals surface area contributed by atoms with E-state index in [1.807, 2.05) is 12.1 Å². The van der Waals surface area contributed by atoms with Crippen molar-refractivity contribution in [3.63, 3.8) is 0 Å². The Hall–Kier alpha value is -3.62. The number of para-hydroxylation sites is 1. The third kappa shape index (κ3) is 5.75. The molecule has 8 heteroatoms. The Bertz CT molecular complexity index is 2410. The van der Waals surface area contributed by atoms with E-state index in [0.29, 0.717) is 0 Å². The van der Waals surface area contributed by atoms with Gasteiger partial charge in [-0.3, -0.25) is 4.79 Å². The predicted molar refractivity (Wildman–Crippen MR) is 198 cm³/mol. The minimum Gasteiger partial charge on any atom is 0 e. The van der Waals surface area contributed by atoms with E-state index in [0.717, 1.165) is 53.3 Å². The second kappa shape index (κ2) is 13.0. The third-order valence-corrected chi connectivity index (χ3v) is 17.4. The van der Waals surface area contributed by atoms with Crippen molar-refractivity contribution >= 4 is 109 Å². The maximum Gasteiger partial charge on any atom is 0 e. The standard InChI is InChI=1S/C35H19NOPSe2.C5H8O2.Ir/c37-38-29-15-22-8-1-3-10-24(22)17-31(29)39-33-19-26(28-14-13-21-7-5-6-12-27(21)36-28)20-34(35(33)38)40-32-18-25-11-4-2-9-23(25)16-30(32)38;1-4(6)3-5(2)7;/h1-19H;3,6H,1-2H3;/q-1;;/b;4-3-;. The zero-order chi connectivity index (χ0) is 32.3. The van der Waals surface area contributed by atoms with Gasteiger partial charge in [0.2, 0.25) is 0 Å². The van der Waals surface area contributed by atoms with E-state index in [2.05, 4.69) is 109 Å². The Labute approximate surface area is 304 Å². The van der Waals surface area contributed by atoms with Gasteiger partial charge in [-0.25, -0.2) is 0 Å². The number of carbonyl (C=O) groups is 1. The zero-order valence-corrected chi connectivity index (χ0v) is 32.6. The molecule has 0 saturated heterocycles. The molecule has 7 aromatic rings. The number of hydrogen-bond acceptors (Lipinski definition) is 4. The van der Waals surface area contributed by atoms with Crippen LogP contribution in [0, 0.1) is 6.07 Å². The second-order valence-electron chi connectivity index (χ2n) is 11.7. The van der Waals surface area contributed by atoms with Crippen LogP contribution in [0.25, 0.3) is 43.7 Å². The maximum atomic E-state index is 15.8. The Balaban J connectivity index is 0.000000415. The molecule has 48 heavy (non-hydrogen) atoms. The fraction of sp³-hybridized carbons (Fsp3) is 0.0500. The van der Waals surface area contributed by atoms with Crippen molar-refractivity contribution < 1.29 is 34.6 Å². The SMILES string of the molecule is CC(=O)/C=C(/C)O.O=P12c3cc4ccccc4cc3[Se]c3[c-]c(-c4ccc5ccccc5n4)cc(c31)[Se]c1cc3ccccc3cc12.[Ir]. The molecule has 3 heterocycles. The number of nitrogens with zero attached hydrogens (tertiary/aromatic N) is 1. The summed E-state index contributed by atoms with van der Waals surface area (Å²) in [5.74, 6) is -0.0625. The molecule has 0 saturated carbocycles. The molecule has 4 nitrogen and oxygen atoms in total. The number of benzene rings is 6. The molecule has 0 amide bonds. The van der Waals surface area contributed by atoms with E-state index in [1.54, 1.807) is 0 Å². The minimum atomic E-state index is -3.09. The molecule has 0 fully saturated rings. The van der Waals surface area contributed by atoms with Gasteiger partial charge in [-0.1, -0.05) is 0 Å². The van der Waals surface area contributed by atoms with Crippen molar-refractivity contribution in [2.45, 2.75) is 13.8 Å². The minimum absolute atomic E-state index is 0. The molecule has 6 aromatic carbocycles. The van der Waals surface area contributed by atoms with Gasteiger partial charge in [0.15, 0.2) is 5.78 Å². The molecule has 0 aliphatic carbocycles. The summed E-state index contributed by atoms with van der Waals surface area (Å²) >= 11 is 0.0249. The van der Waals surface area contributed by atoms with Crippen molar-refractivity contribution in [2.75, 3.05) is 0 Å². The first-order chi connectivity index (χ1) is 22.8. The number of aliphatic hydroxyl groups is 1. The van der Waals surface area contributed by atoms with Crippen LogP contribution in [0.1, 0.15) is 13.8 Å². The van der Waals surface area contributed by atoms with Gasteiger partial charge in [0.25, 0.3) is 0 Å². The van der Waals surface area contributed by atoms with E-state index in [4.69, 9.17) is 10.1 Å². The second-order valence-corrected chi connectivity index (χ2v) is 18.8. The number of pyridine rings is 1. The van der Waals surface area contributed by atoms with E-state index >= 15 is 4.57 Å². The topological polar surface area (TPSA) is 67.3 Å². The zero-order valence-electron chi connectivity index (χ0n) is 25.9. The Morgan fingerprint density at radius 2 is 1.25 bits per heavy atom. The summed E-state index contributed by atoms with van der Waals surface area (Å²) in [5, 5.41) is 17.3. The quantitative estimate of drug-likeness (QED) is 0.0905. The Morgan fingerprint density at radius 3 is 1.81 bits per heavy atom. The van der Waals surface area contributed by atoms with Crippen LogP contribution in [0.5, 0.6) is 0 Å². The summed E-state index contributed by atoms with van der Waals surface area (Å²) in [4.78, 5) is 15.0. The van der Waals surface area contributed by atoms with Crippen molar-refractivity contribution in [2.24, 2.45) is 0 Å². The number of aliphatic hydroxyl groups excluding tert-OH is 1. The van der Waals surface area contributed by atoms with Gasteiger partial charge in [-0.05, 0) is 13.8 Å². The molecule has 9 rings (SSSR count). The Kier molecular flexibility index (Phi) is 8.92. The molecule has 2 aliphatic heterocycles. The molecule has 1 N–H and O–H groups in total. The first-order valence-corrected chi connectivity index (χ1v) is 20.3. The van der Waals surface area contributed by atoms with Crippen LogP contribution < -0.4 is 33.8 Å². The van der Waals surface area contributed by atoms with Gasteiger partial charge >= 0.3 is 245 Å². The van der Waals surface area contributed by atoms with Crippen LogP contribution in [0.4, 0.5) is 0 Å². The van der Waals surface area contributed by atoms with Crippen LogP contribution in [0.2, 0.25) is 0 Å². The summed E-state index contributed by atoms with van der Waals surface area (Å²) in [5.41, 5.74) is 2.91. The summed E-state index contributed by atoms with van der Waals surface area (Å²) in [6.45, 7) is 2.85. The van der Waals surface area contributed by atoms with E-state index in [9.17, 15) is 4.79 Å². The van der Waals surface area contributed by atoms with Crippen LogP contribution in [0.3, 0.4) is 0 Å². The molecule has 0 bridgehead atoms. The van der Waals surface area contributed by atoms with Crippen molar-refractivity contribution in [1.82, 2.24) is 4.98 Å². The van der Waals surface area contributed by atoms with Gasteiger partial charge in [0, 0.05) is 26.2 Å². The summed E-state index contributed by atoms with van der Waals surface area (Å²) in [7, 11) is -3.09. The molecular formula is C40H27IrNO3PSe2-. The van der Waals surface area contributed by atoms with Crippen molar-refractivity contribution in [1.29, 1.82) is 0 Å². The summed E-state index contributed by atoms with van der Waals surface area (Å²) in [6, 6.07) is 44.4. The van der Waals surface area contributed by atoms with Crippen LogP contribution in [-0.4, -0.2) is 45.8 Å². The number of fused-ring (bicyclic) bond motifs is 7. The third-order valence-electron chi connectivity index (χ3n) is 8.34. The van der Waals surface area contributed by atoms with Crippen LogP contribution >= 0.6 is 7.14 Å². The number of aromatic nitrogens is 1. The molecule has 1 unspecified atom stereocenters. The maximum absolute atomic E-state index is 15.8. The smallest absolute Gasteiger partial charge is 0 e. The first-order valence-electron chi connectivity index (χ1n) is 15.2. The Morgan fingerprint density at radius 1 is 0.708 bits per heavy atom. The van der Waals surface area contributed by atoms with Gasteiger partial charge in [0.05, 0.1) is 5.76 Å². The average Bonchev–Trinajstić information content (AvgIpc) is 3.06. The number of ketones is 1. The van der Waals surface area contributed by atoms with Crippen molar-refractivity contribution in [3.8, 4) is 11.3 Å². The van der Waals surface area contributed by atoms with E-state index < -0.39 is 7.14 Å². The van der Waals surface area contributed by atoms with Gasteiger partial charge in [-0.2, -0.15) is 0 Å². The average molecular weight is 951 g/mol. The van der Waals surface area contributed by atoms with Gasteiger partial charge in [0.1, 0.15) is 0 Å². The molecular weight excluding hydrogens is 924 g/mol. The largest absolute Gasteiger partial charge is 0 e. The fourth-order valence-electron chi connectivity index (χ4n) is 6.30. The van der Waals surface area contributed by atoms with Crippen LogP contribution in [0.15, 0.2) is 127 Å². The van der Waals surface area contributed by atoms with E-state index in [1.165, 1.54) is 44.1 Å². The summed E-state index contributed by atoms with van der Waals surface area (Å²) in [6.07, 6.45) is 1.17. The number of hydrogen-bond donors (Lipinski definition) is 1. The first kappa shape index (κ1) is 32.9. The van der Waals surface area contributed by atoms with Crippen LogP contribution in [-0.2, 0) is 29.5 Å². The number of allylic oxidation sites excluding steroid dienone is 2. The molecule has 1 atom stereocenters.